The molecule has 4 atom stereocenters. The van der Waals surface area contributed by atoms with Gasteiger partial charge in [0.15, 0.2) is 0 Å². The lowest BCUT2D eigenvalue weighted by atomic mass is 10.0. The van der Waals surface area contributed by atoms with E-state index in [0.717, 1.165) is 12.8 Å². The van der Waals surface area contributed by atoms with Crippen molar-refractivity contribution in [2.24, 2.45) is 11.8 Å². The molecule has 4 unspecified atom stereocenters. The molecule has 1 saturated heterocycles. The van der Waals surface area contributed by atoms with E-state index in [1.165, 1.54) is 0 Å². The van der Waals surface area contributed by atoms with E-state index < -0.39 is 11.9 Å². The number of hydrogen-bond acceptors (Lipinski definition) is 3. The van der Waals surface area contributed by atoms with Crippen LogP contribution in [0, 0.1) is 11.8 Å². The number of carboxylic acids is 1. The van der Waals surface area contributed by atoms with Crippen molar-refractivity contribution in [2.45, 2.75) is 38.3 Å². The molecule has 1 amide bonds. The van der Waals surface area contributed by atoms with Crippen molar-refractivity contribution in [3.63, 3.8) is 0 Å². The Labute approximate surface area is 94.2 Å². The van der Waals surface area contributed by atoms with E-state index >= 15 is 0 Å². The lowest BCUT2D eigenvalue weighted by molar-refractivity contribution is -0.140. The van der Waals surface area contributed by atoms with Crippen LogP contribution in [0.4, 0.5) is 0 Å². The maximum atomic E-state index is 11.7. The van der Waals surface area contributed by atoms with Crippen molar-refractivity contribution in [3.05, 3.63) is 0 Å². The summed E-state index contributed by atoms with van der Waals surface area (Å²) in [5, 5.41) is 11.6. The molecule has 0 spiro atoms. The maximum Gasteiger partial charge on any atom is 0.307 e. The van der Waals surface area contributed by atoms with Crippen molar-refractivity contribution < 1.29 is 19.4 Å². The van der Waals surface area contributed by atoms with E-state index in [-0.39, 0.29) is 24.0 Å². The first-order valence-electron chi connectivity index (χ1n) is 5.72. The Balaban J connectivity index is 1.77. The van der Waals surface area contributed by atoms with E-state index in [0.29, 0.717) is 13.0 Å². The van der Waals surface area contributed by atoms with Gasteiger partial charge in [0.2, 0.25) is 5.91 Å². The fourth-order valence-electron chi connectivity index (χ4n) is 2.20. The first-order valence-corrected chi connectivity index (χ1v) is 5.72. The smallest absolute Gasteiger partial charge is 0.307 e. The van der Waals surface area contributed by atoms with Gasteiger partial charge in [-0.25, -0.2) is 0 Å². The molecule has 90 valence electrons. The highest BCUT2D eigenvalue weighted by molar-refractivity contribution is 5.89. The molecular formula is C11H17NO4. The summed E-state index contributed by atoms with van der Waals surface area (Å²) in [6.45, 7) is 2.65. The third-order valence-electron chi connectivity index (χ3n) is 3.28. The Bertz CT molecular complexity index is 304. The van der Waals surface area contributed by atoms with Crippen LogP contribution in [0.5, 0.6) is 0 Å². The Morgan fingerprint density at radius 2 is 2.06 bits per heavy atom. The van der Waals surface area contributed by atoms with Crippen molar-refractivity contribution in [1.82, 2.24) is 5.32 Å². The van der Waals surface area contributed by atoms with Gasteiger partial charge in [-0.15, -0.1) is 0 Å². The Morgan fingerprint density at radius 1 is 1.31 bits per heavy atom. The molecule has 1 aliphatic carbocycles. The number of nitrogens with one attached hydrogen (secondary N) is 1. The molecule has 2 fully saturated rings. The Kier molecular flexibility index (Phi) is 3.14. The molecule has 5 nitrogen and oxygen atoms in total. The number of aliphatic carboxylic acids is 1. The van der Waals surface area contributed by atoms with E-state index in [9.17, 15) is 9.59 Å². The topological polar surface area (TPSA) is 75.6 Å². The number of amides is 1. The second kappa shape index (κ2) is 4.41. The normalized spacial score (nSPS) is 37.8. The molecule has 2 aliphatic rings. The number of carboxylic acid groups (broad SMARTS) is 1. The van der Waals surface area contributed by atoms with E-state index in [1.807, 2.05) is 6.92 Å². The van der Waals surface area contributed by atoms with Gasteiger partial charge >= 0.3 is 5.97 Å². The predicted octanol–water partition coefficient (Wildman–Crippen LogP) is 0.391. The van der Waals surface area contributed by atoms with Gasteiger partial charge < -0.3 is 15.2 Å². The van der Waals surface area contributed by atoms with E-state index in [2.05, 4.69) is 5.32 Å². The fourth-order valence-corrected chi connectivity index (χ4v) is 2.20. The maximum absolute atomic E-state index is 11.7. The molecule has 0 aromatic heterocycles. The number of carbonyl (C=O) groups excluding carboxylic acids is 1. The molecule has 0 aromatic rings. The third kappa shape index (κ3) is 2.52. The lowest BCUT2D eigenvalue weighted by Crippen LogP contribution is -2.42. The first kappa shape index (κ1) is 11.4. The zero-order valence-corrected chi connectivity index (χ0v) is 9.31. The SMILES string of the molecule is CC1CC(NC(=O)C2CC2C(=O)O)CCO1. The van der Waals surface area contributed by atoms with Crippen LogP contribution in [0.1, 0.15) is 26.2 Å². The lowest BCUT2D eigenvalue weighted by Gasteiger charge is -2.27. The molecule has 1 saturated carbocycles. The van der Waals surface area contributed by atoms with Crippen LogP contribution in [0.15, 0.2) is 0 Å². The fraction of sp³-hybridized carbons (Fsp3) is 0.818. The van der Waals surface area contributed by atoms with Gasteiger partial charge in [0.1, 0.15) is 0 Å². The summed E-state index contributed by atoms with van der Waals surface area (Å²) < 4.78 is 5.38. The molecule has 0 bridgehead atoms. The summed E-state index contributed by atoms with van der Waals surface area (Å²) in [4.78, 5) is 22.3. The average molecular weight is 227 g/mol. The Hall–Kier alpha value is -1.10. The van der Waals surface area contributed by atoms with E-state index in [4.69, 9.17) is 9.84 Å². The monoisotopic (exact) mass is 227 g/mol. The van der Waals surface area contributed by atoms with Crippen LogP contribution in [0.3, 0.4) is 0 Å². The highest BCUT2D eigenvalue weighted by Gasteiger charge is 2.48. The minimum absolute atomic E-state index is 0.105. The van der Waals surface area contributed by atoms with Gasteiger partial charge in [0.25, 0.3) is 0 Å². The molecule has 0 aromatic carbocycles. The van der Waals surface area contributed by atoms with Crippen molar-refractivity contribution >= 4 is 11.9 Å². The summed E-state index contributed by atoms with van der Waals surface area (Å²) in [5.74, 6) is -1.74. The Morgan fingerprint density at radius 3 is 2.62 bits per heavy atom. The van der Waals surface area contributed by atoms with Crippen LogP contribution in [-0.2, 0) is 14.3 Å². The van der Waals surface area contributed by atoms with Crippen LogP contribution in [0.2, 0.25) is 0 Å². The summed E-state index contributed by atoms with van der Waals surface area (Å²) in [5.41, 5.74) is 0. The highest BCUT2D eigenvalue weighted by atomic mass is 16.5. The average Bonchev–Trinajstić information content (AvgIpc) is 2.96. The van der Waals surface area contributed by atoms with Gasteiger partial charge in [-0.2, -0.15) is 0 Å². The summed E-state index contributed by atoms with van der Waals surface area (Å²) in [6, 6.07) is 0.145. The quantitative estimate of drug-likeness (QED) is 0.731. The molecule has 2 N–H and O–H groups in total. The number of ether oxygens (including phenoxy) is 1. The molecule has 16 heavy (non-hydrogen) atoms. The second-order valence-corrected chi connectivity index (χ2v) is 4.70. The van der Waals surface area contributed by atoms with Gasteiger partial charge in [-0.05, 0) is 26.2 Å². The molecule has 5 heteroatoms. The predicted molar refractivity (Wildman–Crippen MR) is 55.8 cm³/mol. The molecule has 2 rings (SSSR count). The van der Waals surface area contributed by atoms with Crippen molar-refractivity contribution in [2.75, 3.05) is 6.61 Å². The van der Waals surface area contributed by atoms with Gasteiger partial charge in [-0.1, -0.05) is 0 Å². The molecular weight excluding hydrogens is 210 g/mol. The van der Waals surface area contributed by atoms with Gasteiger partial charge in [0.05, 0.1) is 17.9 Å². The van der Waals surface area contributed by atoms with Gasteiger partial charge in [0, 0.05) is 12.6 Å². The molecule has 1 heterocycles. The summed E-state index contributed by atoms with van der Waals surface area (Å²) >= 11 is 0. The van der Waals surface area contributed by atoms with Gasteiger partial charge in [-0.3, -0.25) is 9.59 Å². The molecule has 1 aliphatic heterocycles. The first-order chi connectivity index (χ1) is 7.58. The van der Waals surface area contributed by atoms with Crippen LogP contribution in [-0.4, -0.2) is 35.7 Å². The van der Waals surface area contributed by atoms with Crippen LogP contribution in [0.25, 0.3) is 0 Å². The zero-order valence-electron chi connectivity index (χ0n) is 9.31. The van der Waals surface area contributed by atoms with Crippen LogP contribution >= 0.6 is 0 Å². The number of rotatable bonds is 3. The van der Waals surface area contributed by atoms with Crippen molar-refractivity contribution in [3.8, 4) is 0 Å². The molecule has 0 radical (unpaired) electrons. The minimum atomic E-state index is -0.861. The standard InChI is InChI=1S/C11H17NO4/c1-6-4-7(2-3-16-6)12-10(13)8-5-9(8)11(14)15/h6-9H,2-5H2,1H3,(H,12,13)(H,14,15). The minimum Gasteiger partial charge on any atom is -0.481 e. The highest BCUT2D eigenvalue weighted by Crippen LogP contribution is 2.38. The largest absolute Gasteiger partial charge is 0.481 e. The zero-order chi connectivity index (χ0) is 11.7. The third-order valence-corrected chi connectivity index (χ3v) is 3.28. The number of hydrogen-bond donors (Lipinski definition) is 2. The summed E-state index contributed by atoms with van der Waals surface area (Å²) in [7, 11) is 0. The number of carbonyl (C=O) groups is 2. The van der Waals surface area contributed by atoms with Crippen LogP contribution < -0.4 is 5.32 Å². The van der Waals surface area contributed by atoms with E-state index in [1.54, 1.807) is 0 Å². The van der Waals surface area contributed by atoms with Crippen molar-refractivity contribution in [1.29, 1.82) is 0 Å². The second-order valence-electron chi connectivity index (χ2n) is 4.70. The summed E-state index contributed by atoms with van der Waals surface area (Å²) in [6.07, 6.45) is 2.30.